The lowest BCUT2D eigenvalue weighted by Gasteiger charge is -2.21. The fraction of sp³-hybridized carbons (Fsp3) is 0.583. The lowest BCUT2D eigenvalue weighted by Crippen LogP contribution is -2.35. The quantitative estimate of drug-likeness (QED) is 0.682. The molecule has 0 bridgehead atoms. The summed E-state index contributed by atoms with van der Waals surface area (Å²) in [5, 5.41) is 0.120. The zero-order valence-electron chi connectivity index (χ0n) is 10.6. The Kier molecular flexibility index (Phi) is 6.78. The van der Waals surface area contributed by atoms with Crippen molar-refractivity contribution in [1.82, 2.24) is 4.90 Å². The van der Waals surface area contributed by atoms with E-state index in [1.807, 2.05) is 0 Å². The molecule has 0 aliphatic rings. The first-order chi connectivity index (χ1) is 8.70. The Balaban J connectivity index is 2.63. The Hall–Kier alpha value is -1.04. The summed E-state index contributed by atoms with van der Waals surface area (Å²) in [6.07, 6.45) is 2.17. The number of hydrogen-bond acceptors (Lipinski definition) is 4. The maximum atomic E-state index is 12.2. The molecule has 0 aromatic carbocycles. The van der Waals surface area contributed by atoms with E-state index in [2.05, 4.69) is 0 Å². The van der Waals surface area contributed by atoms with E-state index in [4.69, 9.17) is 25.5 Å². The smallest absolute Gasteiger partial charge is 0.258 e. The highest BCUT2D eigenvalue weighted by Gasteiger charge is 2.19. The highest BCUT2D eigenvalue weighted by Crippen LogP contribution is 2.18. The fourth-order valence-electron chi connectivity index (χ4n) is 1.53. The number of carbonyl (C=O) groups excluding carboxylic acids is 1. The predicted octanol–water partition coefficient (Wildman–Crippen LogP) is 2.06. The van der Waals surface area contributed by atoms with E-state index in [0.717, 1.165) is 6.42 Å². The van der Waals surface area contributed by atoms with E-state index < -0.39 is 0 Å². The van der Waals surface area contributed by atoms with E-state index in [1.165, 1.54) is 6.26 Å². The number of ether oxygens (including phenoxy) is 2. The second kappa shape index (κ2) is 8.13. The molecule has 0 saturated heterocycles. The molecule has 102 valence electrons. The van der Waals surface area contributed by atoms with Gasteiger partial charge in [-0.1, -0.05) is 0 Å². The van der Waals surface area contributed by atoms with Crippen molar-refractivity contribution in [2.75, 3.05) is 40.5 Å². The van der Waals surface area contributed by atoms with Crippen LogP contribution in [0.1, 0.15) is 16.8 Å². The fourth-order valence-corrected chi connectivity index (χ4v) is 1.73. The maximum absolute atomic E-state index is 12.2. The minimum Gasteiger partial charge on any atom is -0.452 e. The van der Waals surface area contributed by atoms with Crippen molar-refractivity contribution in [3.63, 3.8) is 0 Å². The van der Waals surface area contributed by atoms with E-state index in [0.29, 0.717) is 31.9 Å². The van der Waals surface area contributed by atoms with Crippen LogP contribution in [-0.2, 0) is 9.47 Å². The van der Waals surface area contributed by atoms with Crippen LogP contribution < -0.4 is 0 Å². The number of halogens is 1. The maximum Gasteiger partial charge on any atom is 0.258 e. The molecule has 0 radical (unpaired) electrons. The third-order valence-electron chi connectivity index (χ3n) is 2.48. The number of furan rings is 1. The Bertz CT molecular complexity index is 367. The first-order valence-corrected chi connectivity index (χ1v) is 6.08. The van der Waals surface area contributed by atoms with Gasteiger partial charge >= 0.3 is 0 Å². The summed E-state index contributed by atoms with van der Waals surface area (Å²) in [7, 11) is 3.23. The van der Waals surface area contributed by atoms with Gasteiger partial charge in [0.25, 0.3) is 5.91 Å². The topological polar surface area (TPSA) is 51.9 Å². The van der Waals surface area contributed by atoms with Crippen molar-refractivity contribution >= 4 is 17.5 Å². The van der Waals surface area contributed by atoms with Gasteiger partial charge in [0.05, 0.1) is 18.4 Å². The lowest BCUT2D eigenvalue weighted by atomic mass is 10.2. The molecule has 0 atom stereocenters. The predicted molar refractivity (Wildman–Crippen MR) is 68.0 cm³/mol. The Morgan fingerprint density at radius 2 is 2.06 bits per heavy atom. The van der Waals surface area contributed by atoms with E-state index in [1.54, 1.807) is 25.2 Å². The van der Waals surface area contributed by atoms with Gasteiger partial charge in [0.1, 0.15) is 0 Å². The molecule has 0 unspecified atom stereocenters. The number of rotatable bonds is 8. The van der Waals surface area contributed by atoms with Gasteiger partial charge in [-0.15, -0.1) is 0 Å². The van der Waals surface area contributed by atoms with Crippen molar-refractivity contribution in [3.05, 3.63) is 23.1 Å². The van der Waals surface area contributed by atoms with Crippen LogP contribution in [-0.4, -0.2) is 51.3 Å². The molecule has 0 spiro atoms. The SMILES string of the molecule is COCCCN(CCOC)C(=O)c1ccoc1Cl. The lowest BCUT2D eigenvalue weighted by molar-refractivity contribution is 0.0673. The molecule has 0 fully saturated rings. The van der Waals surface area contributed by atoms with Crippen molar-refractivity contribution < 1.29 is 18.7 Å². The van der Waals surface area contributed by atoms with Gasteiger partial charge in [0, 0.05) is 33.9 Å². The third kappa shape index (κ3) is 4.33. The highest BCUT2D eigenvalue weighted by atomic mass is 35.5. The highest BCUT2D eigenvalue weighted by molar-refractivity contribution is 6.32. The summed E-state index contributed by atoms with van der Waals surface area (Å²) >= 11 is 5.80. The van der Waals surface area contributed by atoms with Gasteiger partial charge < -0.3 is 18.8 Å². The molecule has 1 heterocycles. The summed E-state index contributed by atoms with van der Waals surface area (Å²) in [6.45, 7) is 2.20. The van der Waals surface area contributed by atoms with Gasteiger partial charge in [-0.2, -0.15) is 0 Å². The zero-order chi connectivity index (χ0) is 13.4. The van der Waals surface area contributed by atoms with Crippen LogP contribution in [0.4, 0.5) is 0 Å². The molecule has 0 aliphatic carbocycles. The summed E-state index contributed by atoms with van der Waals surface area (Å²) < 4.78 is 14.9. The average Bonchev–Trinajstić information content (AvgIpc) is 2.79. The summed E-state index contributed by atoms with van der Waals surface area (Å²) in [6, 6.07) is 1.57. The summed E-state index contributed by atoms with van der Waals surface area (Å²) in [5.74, 6) is -0.151. The number of nitrogens with zero attached hydrogens (tertiary/aromatic N) is 1. The number of amides is 1. The van der Waals surface area contributed by atoms with Crippen LogP contribution in [0.5, 0.6) is 0 Å². The monoisotopic (exact) mass is 275 g/mol. The first kappa shape index (κ1) is 15.0. The van der Waals surface area contributed by atoms with E-state index in [-0.39, 0.29) is 11.1 Å². The summed E-state index contributed by atoms with van der Waals surface area (Å²) in [4.78, 5) is 13.9. The average molecular weight is 276 g/mol. The Morgan fingerprint density at radius 3 is 2.61 bits per heavy atom. The molecule has 6 heteroatoms. The minimum absolute atomic E-state index is 0.120. The van der Waals surface area contributed by atoms with Crippen LogP contribution >= 0.6 is 11.6 Å². The molecule has 18 heavy (non-hydrogen) atoms. The minimum atomic E-state index is -0.151. The molecular weight excluding hydrogens is 258 g/mol. The molecule has 1 rings (SSSR count). The molecular formula is C12H18ClNO4. The van der Waals surface area contributed by atoms with Crippen LogP contribution in [0.2, 0.25) is 5.22 Å². The molecule has 0 aliphatic heterocycles. The number of hydrogen-bond donors (Lipinski definition) is 0. The van der Waals surface area contributed by atoms with Crippen LogP contribution in [0.25, 0.3) is 0 Å². The summed E-state index contributed by atoms with van der Waals surface area (Å²) in [5.41, 5.74) is 0.380. The number of methoxy groups -OCH3 is 2. The Labute approximate surface area is 112 Å². The third-order valence-corrected chi connectivity index (χ3v) is 2.77. The van der Waals surface area contributed by atoms with Gasteiger partial charge in [-0.3, -0.25) is 4.79 Å². The van der Waals surface area contributed by atoms with E-state index in [9.17, 15) is 4.79 Å². The van der Waals surface area contributed by atoms with Crippen molar-refractivity contribution in [1.29, 1.82) is 0 Å². The second-order valence-electron chi connectivity index (χ2n) is 3.74. The second-order valence-corrected chi connectivity index (χ2v) is 4.08. The van der Waals surface area contributed by atoms with Crippen molar-refractivity contribution in [3.8, 4) is 0 Å². The van der Waals surface area contributed by atoms with Crippen LogP contribution in [0.3, 0.4) is 0 Å². The number of carbonyl (C=O) groups is 1. The van der Waals surface area contributed by atoms with Gasteiger partial charge in [0.2, 0.25) is 5.22 Å². The van der Waals surface area contributed by atoms with Gasteiger partial charge in [-0.05, 0) is 24.1 Å². The molecule has 1 amide bonds. The molecule has 0 N–H and O–H groups in total. The van der Waals surface area contributed by atoms with Crippen molar-refractivity contribution in [2.45, 2.75) is 6.42 Å². The molecule has 1 aromatic rings. The van der Waals surface area contributed by atoms with Gasteiger partial charge in [0.15, 0.2) is 0 Å². The largest absolute Gasteiger partial charge is 0.452 e. The van der Waals surface area contributed by atoms with E-state index >= 15 is 0 Å². The van der Waals surface area contributed by atoms with Crippen molar-refractivity contribution in [2.24, 2.45) is 0 Å². The molecule has 0 saturated carbocycles. The normalized spacial score (nSPS) is 10.6. The standard InChI is InChI=1S/C12H18ClNO4/c1-16-7-3-5-14(6-9-17-2)12(15)10-4-8-18-11(10)13/h4,8H,3,5-7,9H2,1-2H3. The molecule has 1 aromatic heterocycles. The zero-order valence-corrected chi connectivity index (χ0v) is 11.4. The van der Waals surface area contributed by atoms with Crippen LogP contribution in [0.15, 0.2) is 16.7 Å². The van der Waals surface area contributed by atoms with Gasteiger partial charge in [-0.25, -0.2) is 0 Å². The Morgan fingerprint density at radius 1 is 1.33 bits per heavy atom. The first-order valence-electron chi connectivity index (χ1n) is 5.70. The molecule has 5 nitrogen and oxygen atoms in total. The van der Waals surface area contributed by atoms with Crippen LogP contribution in [0, 0.1) is 0 Å².